The van der Waals surface area contributed by atoms with Crippen molar-refractivity contribution in [3.63, 3.8) is 0 Å². The predicted octanol–water partition coefficient (Wildman–Crippen LogP) is 2.25. The van der Waals surface area contributed by atoms with Crippen molar-refractivity contribution in [2.75, 3.05) is 12.4 Å². The molecule has 2 aromatic rings. The minimum atomic E-state index is -3.35. The minimum Gasteiger partial charge on any atom is -0.455 e. The highest BCUT2D eigenvalue weighted by atomic mass is 32.2. The lowest BCUT2D eigenvalue weighted by Crippen LogP contribution is -2.42. The Hall–Kier alpha value is -3.00. The number of hydrogen-bond acceptors (Lipinski definition) is 5. The zero-order valence-corrected chi connectivity index (χ0v) is 16.3. The van der Waals surface area contributed by atoms with Crippen LogP contribution in [0.25, 0.3) is 0 Å². The molecular formula is C21H20FNO5S. The number of halogens is 1. The number of rotatable bonds is 7. The van der Waals surface area contributed by atoms with Gasteiger partial charge in [0.15, 0.2) is 16.4 Å². The molecule has 0 unspecified atom stereocenters. The van der Waals surface area contributed by atoms with Gasteiger partial charge in [-0.15, -0.1) is 0 Å². The third-order valence-corrected chi connectivity index (χ3v) is 5.82. The molecule has 0 aromatic heterocycles. The molecule has 0 saturated carbocycles. The molecule has 1 atom stereocenters. The van der Waals surface area contributed by atoms with Crippen molar-refractivity contribution in [1.82, 2.24) is 4.90 Å². The Labute approximate surface area is 168 Å². The highest BCUT2D eigenvalue weighted by Crippen LogP contribution is 2.18. The van der Waals surface area contributed by atoms with Crippen molar-refractivity contribution in [1.29, 1.82) is 0 Å². The summed E-state index contributed by atoms with van der Waals surface area (Å²) in [5.41, 5.74) is 1.39. The van der Waals surface area contributed by atoms with E-state index in [-0.39, 0.29) is 18.7 Å². The number of ether oxygens (including phenoxy) is 1. The average Bonchev–Trinajstić information content (AvgIpc) is 3.06. The molecule has 0 radical (unpaired) electrons. The number of carbonyl (C=O) groups is 2. The second-order valence-corrected chi connectivity index (χ2v) is 8.63. The van der Waals surface area contributed by atoms with Gasteiger partial charge in [-0.3, -0.25) is 9.59 Å². The topological polar surface area (TPSA) is 80.8 Å². The zero-order valence-electron chi connectivity index (χ0n) is 15.5. The van der Waals surface area contributed by atoms with E-state index in [0.29, 0.717) is 5.56 Å². The Kier molecular flexibility index (Phi) is 6.43. The molecule has 1 aliphatic rings. The van der Waals surface area contributed by atoms with Crippen LogP contribution >= 0.6 is 0 Å². The Morgan fingerprint density at radius 3 is 2.34 bits per heavy atom. The van der Waals surface area contributed by atoms with Gasteiger partial charge in [-0.25, -0.2) is 12.8 Å². The van der Waals surface area contributed by atoms with Crippen molar-refractivity contribution in [2.24, 2.45) is 0 Å². The predicted molar refractivity (Wildman–Crippen MR) is 105 cm³/mol. The van der Waals surface area contributed by atoms with Crippen LogP contribution in [0.4, 0.5) is 4.39 Å². The van der Waals surface area contributed by atoms with Gasteiger partial charge in [0.25, 0.3) is 5.91 Å². The van der Waals surface area contributed by atoms with Crippen LogP contribution in [0.5, 0.6) is 0 Å². The first-order valence-electron chi connectivity index (χ1n) is 8.97. The lowest BCUT2D eigenvalue weighted by Gasteiger charge is -2.27. The molecule has 3 rings (SSSR count). The van der Waals surface area contributed by atoms with Crippen LogP contribution in [-0.2, 0) is 37.1 Å². The molecule has 0 fully saturated rings. The van der Waals surface area contributed by atoms with Gasteiger partial charge in [-0.1, -0.05) is 42.5 Å². The van der Waals surface area contributed by atoms with Gasteiger partial charge < -0.3 is 9.64 Å². The molecule has 8 heteroatoms. The van der Waals surface area contributed by atoms with E-state index in [1.165, 1.54) is 35.2 Å². The molecule has 6 nitrogen and oxygen atoms in total. The van der Waals surface area contributed by atoms with E-state index >= 15 is 0 Å². The summed E-state index contributed by atoms with van der Waals surface area (Å²) >= 11 is 0. The number of amides is 1. The summed E-state index contributed by atoms with van der Waals surface area (Å²) in [4.78, 5) is 26.1. The summed E-state index contributed by atoms with van der Waals surface area (Å²) in [5, 5.41) is 1.10. The fourth-order valence-corrected chi connectivity index (χ4v) is 4.27. The van der Waals surface area contributed by atoms with E-state index in [1.54, 1.807) is 0 Å². The van der Waals surface area contributed by atoms with Crippen molar-refractivity contribution < 1.29 is 27.1 Å². The number of esters is 1. The normalized spacial score (nSPS) is 17.1. The molecule has 0 aliphatic carbocycles. The summed E-state index contributed by atoms with van der Waals surface area (Å²) in [6.45, 7) is -0.309. The summed E-state index contributed by atoms with van der Waals surface area (Å²) in [7, 11) is -3.35. The molecule has 0 N–H and O–H groups in total. The van der Waals surface area contributed by atoms with E-state index in [1.807, 2.05) is 30.3 Å². The smallest absolute Gasteiger partial charge is 0.310 e. The van der Waals surface area contributed by atoms with Crippen LogP contribution in [0.1, 0.15) is 11.1 Å². The summed E-state index contributed by atoms with van der Waals surface area (Å²) in [5.74, 6) is -1.73. The summed E-state index contributed by atoms with van der Waals surface area (Å²) < 4.78 is 41.6. The Morgan fingerprint density at radius 2 is 1.72 bits per heavy atom. The molecule has 0 spiro atoms. The molecule has 0 bridgehead atoms. The van der Waals surface area contributed by atoms with Crippen LogP contribution in [-0.4, -0.2) is 43.6 Å². The molecule has 1 amide bonds. The van der Waals surface area contributed by atoms with Gasteiger partial charge in [0.1, 0.15) is 5.82 Å². The van der Waals surface area contributed by atoms with Gasteiger partial charge in [0.2, 0.25) is 0 Å². The van der Waals surface area contributed by atoms with Crippen LogP contribution in [0.3, 0.4) is 0 Å². The molecule has 152 valence electrons. The van der Waals surface area contributed by atoms with Gasteiger partial charge >= 0.3 is 5.97 Å². The number of benzene rings is 2. The number of sulfone groups is 1. The number of nitrogens with zero attached hydrogens (tertiary/aromatic N) is 1. The first-order valence-corrected chi connectivity index (χ1v) is 10.7. The second-order valence-electron chi connectivity index (χ2n) is 6.70. The van der Waals surface area contributed by atoms with Crippen molar-refractivity contribution in [3.05, 3.63) is 83.0 Å². The third-order valence-electron chi connectivity index (χ3n) is 4.45. The molecule has 0 saturated heterocycles. The Balaban J connectivity index is 1.63. The van der Waals surface area contributed by atoms with Crippen LogP contribution in [0.2, 0.25) is 0 Å². The van der Waals surface area contributed by atoms with E-state index < -0.39 is 40.2 Å². The maximum absolute atomic E-state index is 12.9. The van der Waals surface area contributed by atoms with Crippen LogP contribution < -0.4 is 0 Å². The average molecular weight is 417 g/mol. The van der Waals surface area contributed by atoms with E-state index in [9.17, 15) is 22.4 Å². The summed E-state index contributed by atoms with van der Waals surface area (Å²) in [6, 6.07) is 13.9. The molecular weight excluding hydrogens is 397 g/mol. The first kappa shape index (κ1) is 20.7. The monoisotopic (exact) mass is 417 g/mol. The maximum Gasteiger partial charge on any atom is 0.310 e. The van der Waals surface area contributed by atoms with E-state index in [4.69, 9.17) is 4.74 Å². The fourth-order valence-electron chi connectivity index (χ4n) is 2.97. The number of carbonyl (C=O) groups excluding carboxylic acids is 2. The van der Waals surface area contributed by atoms with Crippen LogP contribution in [0, 0.1) is 5.82 Å². The lowest BCUT2D eigenvalue weighted by molar-refractivity contribution is -0.152. The molecule has 29 heavy (non-hydrogen) atoms. The second kappa shape index (κ2) is 9.00. The van der Waals surface area contributed by atoms with E-state index in [2.05, 4.69) is 0 Å². The highest BCUT2D eigenvalue weighted by Gasteiger charge is 2.30. The zero-order chi connectivity index (χ0) is 20.9. The highest BCUT2D eigenvalue weighted by molar-refractivity contribution is 7.94. The minimum absolute atomic E-state index is 0.0933. The summed E-state index contributed by atoms with van der Waals surface area (Å²) in [6.07, 6.45) is 1.38. The van der Waals surface area contributed by atoms with Gasteiger partial charge in [-0.05, 0) is 29.3 Å². The molecule has 1 heterocycles. The quantitative estimate of drug-likeness (QED) is 0.646. The van der Waals surface area contributed by atoms with Gasteiger partial charge in [0.05, 0.1) is 18.2 Å². The molecule has 1 aliphatic heterocycles. The standard InChI is InChI=1S/C21H20FNO5S/c22-18-8-6-16(7-9-18)12-21(25)28-14-20(24)23(13-17-4-2-1-3-5-17)19-10-11-29(26,27)15-19/h1-11,19H,12-15H2/t19-/m0/s1. The van der Waals surface area contributed by atoms with Crippen LogP contribution in [0.15, 0.2) is 66.1 Å². The van der Waals surface area contributed by atoms with Crippen molar-refractivity contribution in [2.45, 2.75) is 19.0 Å². The fraction of sp³-hybridized carbons (Fsp3) is 0.238. The lowest BCUT2D eigenvalue weighted by atomic mass is 10.1. The maximum atomic E-state index is 12.9. The van der Waals surface area contributed by atoms with Crippen molar-refractivity contribution in [3.8, 4) is 0 Å². The first-order chi connectivity index (χ1) is 13.8. The molecule has 2 aromatic carbocycles. The van der Waals surface area contributed by atoms with Gasteiger partial charge in [0, 0.05) is 12.0 Å². The largest absolute Gasteiger partial charge is 0.455 e. The third kappa shape index (κ3) is 5.99. The van der Waals surface area contributed by atoms with E-state index in [0.717, 1.165) is 11.0 Å². The number of hydrogen-bond donors (Lipinski definition) is 0. The van der Waals surface area contributed by atoms with Crippen molar-refractivity contribution >= 4 is 21.7 Å². The Morgan fingerprint density at radius 1 is 1.03 bits per heavy atom. The Bertz CT molecular complexity index is 1000. The SMILES string of the molecule is O=C(Cc1ccc(F)cc1)OCC(=O)N(Cc1ccccc1)[C@H]1C=CS(=O)(=O)C1. The van der Waals surface area contributed by atoms with Gasteiger partial charge in [-0.2, -0.15) is 0 Å².